The number of carbonyl (C=O) groups excluding carboxylic acids is 6. The molecule has 1 rings (SSSR count). The van der Waals surface area contributed by atoms with Crippen molar-refractivity contribution in [1.82, 2.24) is 26.2 Å². The molecule has 1 atom stereocenters. The average Bonchev–Trinajstić information content (AvgIpc) is 3.06. The highest BCUT2D eigenvalue weighted by molar-refractivity contribution is 6.03. The lowest BCUT2D eigenvalue weighted by atomic mass is 9.94. The number of nitrogens with zero attached hydrogens (tertiary/aromatic N) is 1. The fraction of sp³-hybridized carbons (Fsp3) is 0.739. The number of hydrogen-bond donors (Lipinski definition) is 4. The van der Waals surface area contributed by atoms with Crippen LogP contribution < -0.4 is 21.3 Å². The maximum absolute atomic E-state index is 12.2. The maximum atomic E-state index is 12.2. The molecule has 0 radical (unpaired) electrons. The van der Waals surface area contributed by atoms with Crippen molar-refractivity contribution in [3.63, 3.8) is 0 Å². The largest absolute Gasteiger partial charge is 0.354 e. The van der Waals surface area contributed by atoms with Crippen molar-refractivity contribution in [2.24, 2.45) is 17.8 Å². The van der Waals surface area contributed by atoms with Crippen molar-refractivity contribution >= 4 is 35.4 Å². The van der Waals surface area contributed by atoms with Gasteiger partial charge in [-0.05, 0) is 24.7 Å². The number of likely N-dealkylation sites (tertiary alicyclic amines) is 1. The van der Waals surface area contributed by atoms with E-state index in [0.29, 0.717) is 38.3 Å². The van der Waals surface area contributed by atoms with Crippen molar-refractivity contribution < 1.29 is 28.8 Å². The van der Waals surface area contributed by atoms with Crippen LogP contribution in [0.1, 0.15) is 59.8 Å². The first kappa shape index (κ1) is 29.1. The van der Waals surface area contributed by atoms with E-state index < -0.39 is 11.8 Å². The second kappa shape index (κ2) is 15.0. The predicted octanol–water partition coefficient (Wildman–Crippen LogP) is -0.301. The van der Waals surface area contributed by atoms with Crippen molar-refractivity contribution in [3.05, 3.63) is 0 Å². The molecule has 1 fully saturated rings. The van der Waals surface area contributed by atoms with Crippen molar-refractivity contribution in [2.45, 2.75) is 59.8 Å². The Morgan fingerprint density at radius 1 is 0.794 bits per heavy atom. The third-order valence-electron chi connectivity index (χ3n) is 5.41. The SMILES string of the molecule is CC(C)CNC(=O)CNC(=O)CNC(=O)CNC(=O)CCCCCN1C(=O)CC(C(C)C)C1=O. The van der Waals surface area contributed by atoms with Crippen LogP contribution in [0.25, 0.3) is 0 Å². The van der Waals surface area contributed by atoms with E-state index in [-0.39, 0.29) is 67.9 Å². The number of hydrogen-bond acceptors (Lipinski definition) is 6. The first-order chi connectivity index (χ1) is 16.0. The Labute approximate surface area is 201 Å². The number of rotatable bonds is 15. The molecule has 1 aliphatic rings. The van der Waals surface area contributed by atoms with Crippen LogP contribution in [0.3, 0.4) is 0 Å². The Morgan fingerprint density at radius 3 is 1.82 bits per heavy atom. The Morgan fingerprint density at radius 2 is 1.32 bits per heavy atom. The summed E-state index contributed by atoms with van der Waals surface area (Å²) in [6.45, 7) is 7.94. The van der Waals surface area contributed by atoms with E-state index in [1.807, 2.05) is 27.7 Å². The van der Waals surface area contributed by atoms with E-state index in [4.69, 9.17) is 0 Å². The number of imide groups is 1. The first-order valence-corrected chi connectivity index (χ1v) is 11.9. The average molecular weight is 482 g/mol. The summed E-state index contributed by atoms with van der Waals surface area (Å²) in [5.41, 5.74) is 0. The second-order valence-corrected chi connectivity index (χ2v) is 9.28. The standard InChI is InChI=1S/C23H39N5O6/c1-15(2)11-24-19(30)13-26-21(32)14-27-20(31)12-25-18(29)8-6-5-7-9-28-22(33)10-17(16(3)4)23(28)34/h15-17H,5-14H2,1-4H3,(H,24,30)(H,25,29)(H,26,32)(H,27,31). The lowest BCUT2D eigenvalue weighted by Gasteiger charge is -2.16. The molecule has 1 unspecified atom stereocenters. The van der Waals surface area contributed by atoms with E-state index in [9.17, 15) is 28.8 Å². The van der Waals surface area contributed by atoms with E-state index in [1.54, 1.807) is 0 Å². The van der Waals surface area contributed by atoms with Gasteiger partial charge in [0.05, 0.1) is 19.6 Å². The van der Waals surface area contributed by atoms with Crippen molar-refractivity contribution in [3.8, 4) is 0 Å². The fourth-order valence-electron chi connectivity index (χ4n) is 3.33. The molecule has 0 aromatic carbocycles. The molecule has 0 saturated carbocycles. The van der Waals surface area contributed by atoms with Crippen LogP contribution in [0.5, 0.6) is 0 Å². The zero-order chi connectivity index (χ0) is 25.7. The molecule has 6 amide bonds. The van der Waals surface area contributed by atoms with Crippen LogP contribution in [0, 0.1) is 17.8 Å². The van der Waals surface area contributed by atoms with Gasteiger partial charge in [0, 0.05) is 31.8 Å². The monoisotopic (exact) mass is 481 g/mol. The minimum absolute atomic E-state index is 0.105. The van der Waals surface area contributed by atoms with E-state index in [0.717, 1.165) is 0 Å². The predicted molar refractivity (Wildman–Crippen MR) is 125 cm³/mol. The highest BCUT2D eigenvalue weighted by Gasteiger charge is 2.39. The summed E-state index contributed by atoms with van der Waals surface area (Å²) in [7, 11) is 0. The highest BCUT2D eigenvalue weighted by Crippen LogP contribution is 2.26. The lowest BCUT2D eigenvalue weighted by Crippen LogP contribution is -2.44. The normalized spacial score (nSPS) is 15.6. The van der Waals surface area contributed by atoms with Crippen LogP contribution in [0.4, 0.5) is 0 Å². The zero-order valence-corrected chi connectivity index (χ0v) is 20.7. The van der Waals surface area contributed by atoms with Gasteiger partial charge < -0.3 is 21.3 Å². The van der Waals surface area contributed by atoms with Crippen LogP contribution >= 0.6 is 0 Å². The van der Waals surface area contributed by atoms with Crippen molar-refractivity contribution in [1.29, 1.82) is 0 Å². The van der Waals surface area contributed by atoms with Gasteiger partial charge in [-0.1, -0.05) is 34.1 Å². The molecule has 1 aliphatic heterocycles. The molecule has 192 valence electrons. The van der Waals surface area contributed by atoms with Crippen LogP contribution in [-0.4, -0.2) is 73.1 Å². The van der Waals surface area contributed by atoms with E-state index in [1.165, 1.54) is 4.90 Å². The third-order valence-corrected chi connectivity index (χ3v) is 5.41. The summed E-state index contributed by atoms with van der Waals surface area (Å²) in [6.07, 6.45) is 2.36. The summed E-state index contributed by atoms with van der Waals surface area (Å²) in [4.78, 5) is 72.4. The molecule has 0 bridgehead atoms. The van der Waals surface area contributed by atoms with Gasteiger partial charge >= 0.3 is 0 Å². The Balaban J connectivity index is 2.09. The quantitative estimate of drug-likeness (QED) is 0.186. The fourth-order valence-corrected chi connectivity index (χ4v) is 3.33. The summed E-state index contributed by atoms with van der Waals surface area (Å²) in [5, 5.41) is 9.92. The third kappa shape index (κ3) is 11.2. The van der Waals surface area contributed by atoms with E-state index in [2.05, 4.69) is 21.3 Å². The summed E-state index contributed by atoms with van der Waals surface area (Å²) < 4.78 is 0. The van der Waals surface area contributed by atoms with E-state index >= 15 is 0 Å². The molecule has 34 heavy (non-hydrogen) atoms. The summed E-state index contributed by atoms with van der Waals surface area (Å²) in [5.74, 6) is -1.65. The molecule has 0 aromatic heterocycles. The molecule has 0 spiro atoms. The molecule has 1 saturated heterocycles. The van der Waals surface area contributed by atoms with Crippen LogP contribution in [-0.2, 0) is 28.8 Å². The Bertz CT molecular complexity index is 752. The molecular formula is C23H39N5O6. The minimum atomic E-state index is -0.515. The van der Waals surface area contributed by atoms with Gasteiger partial charge in [0.1, 0.15) is 0 Å². The number of amides is 6. The Hall–Kier alpha value is -2.98. The molecule has 11 nitrogen and oxygen atoms in total. The van der Waals surface area contributed by atoms with Crippen LogP contribution in [0.15, 0.2) is 0 Å². The van der Waals surface area contributed by atoms with Gasteiger partial charge in [0.2, 0.25) is 35.4 Å². The van der Waals surface area contributed by atoms with Gasteiger partial charge in [-0.25, -0.2) is 0 Å². The first-order valence-electron chi connectivity index (χ1n) is 11.9. The smallest absolute Gasteiger partial charge is 0.239 e. The second-order valence-electron chi connectivity index (χ2n) is 9.28. The number of nitrogens with one attached hydrogen (secondary N) is 4. The molecule has 0 aliphatic carbocycles. The number of unbranched alkanes of at least 4 members (excludes halogenated alkanes) is 2. The summed E-state index contributed by atoms with van der Waals surface area (Å²) in [6, 6.07) is 0. The molecule has 11 heteroatoms. The van der Waals surface area contributed by atoms with Gasteiger partial charge in [-0.2, -0.15) is 0 Å². The minimum Gasteiger partial charge on any atom is -0.354 e. The highest BCUT2D eigenvalue weighted by atomic mass is 16.2. The lowest BCUT2D eigenvalue weighted by molar-refractivity contribution is -0.140. The Kier molecular flexibility index (Phi) is 12.8. The van der Waals surface area contributed by atoms with Gasteiger partial charge in [-0.3, -0.25) is 33.7 Å². The summed E-state index contributed by atoms with van der Waals surface area (Å²) >= 11 is 0. The van der Waals surface area contributed by atoms with Crippen molar-refractivity contribution in [2.75, 3.05) is 32.7 Å². The van der Waals surface area contributed by atoms with Gasteiger partial charge in [0.25, 0.3) is 0 Å². The van der Waals surface area contributed by atoms with Gasteiger partial charge in [-0.15, -0.1) is 0 Å². The molecule has 0 aromatic rings. The topological polar surface area (TPSA) is 154 Å². The molecule has 1 heterocycles. The zero-order valence-electron chi connectivity index (χ0n) is 20.7. The molecular weight excluding hydrogens is 442 g/mol. The van der Waals surface area contributed by atoms with Gasteiger partial charge in [0.15, 0.2) is 0 Å². The molecule has 4 N–H and O–H groups in total. The number of carbonyl (C=O) groups is 6. The van der Waals surface area contributed by atoms with Crippen LogP contribution in [0.2, 0.25) is 0 Å². The maximum Gasteiger partial charge on any atom is 0.239 e.